The van der Waals surface area contributed by atoms with E-state index in [1.807, 2.05) is 0 Å². The van der Waals surface area contributed by atoms with Crippen LogP contribution >= 0.6 is 0 Å². The fraction of sp³-hybridized carbons (Fsp3) is 0. The third-order valence-corrected chi connectivity index (χ3v) is 2.86. The van der Waals surface area contributed by atoms with Gasteiger partial charge in [0.05, 0.1) is 5.56 Å². The van der Waals surface area contributed by atoms with Gasteiger partial charge in [0, 0.05) is 11.3 Å². The maximum absolute atomic E-state index is 13.2. The van der Waals surface area contributed by atoms with Gasteiger partial charge < -0.3 is 10.3 Å². The highest BCUT2D eigenvalue weighted by Gasteiger charge is 2.17. The third-order valence-electron chi connectivity index (χ3n) is 2.86. The summed E-state index contributed by atoms with van der Waals surface area (Å²) < 4.78 is 44.3. The monoisotopic (exact) mass is 291 g/mol. The minimum absolute atomic E-state index is 0.0316. The van der Waals surface area contributed by atoms with Crippen LogP contribution in [0.3, 0.4) is 0 Å². The molecule has 0 amide bonds. The van der Waals surface area contributed by atoms with E-state index in [0.29, 0.717) is 11.3 Å². The molecule has 0 saturated heterocycles. The van der Waals surface area contributed by atoms with E-state index in [2.05, 4.69) is 10.1 Å². The topological polar surface area (TPSA) is 64.9 Å². The van der Waals surface area contributed by atoms with Crippen molar-refractivity contribution in [3.63, 3.8) is 0 Å². The number of nitrogen functional groups attached to an aromatic ring is 1. The first kappa shape index (κ1) is 13.2. The maximum Gasteiger partial charge on any atom is 0.260 e. The molecular weight excluding hydrogens is 283 g/mol. The van der Waals surface area contributed by atoms with E-state index < -0.39 is 17.5 Å². The highest BCUT2D eigenvalue weighted by atomic mass is 19.2. The zero-order valence-electron chi connectivity index (χ0n) is 10.5. The molecule has 1 aromatic heterocycles. The first-order valence-corrected chi connectivity index (χ1v) is 5.90. The third kappa shape index (κ3) is 2.33. The van der Waals surface area contributed by atoms with Gasteiger partial charge in [0.25, 0.3) is 5.89 Å². The lowest BCUT2D eigenvalue weighted by Crippen LogP contribution is -1.93. The molecule has 0 aliphatic heterocycles. The van der Waals surface area contributed by atoms with E-state index in [-0.39, 0.29) is 17.3 Å². The zero-order valence-corrected chi connectivity index (χ0v) is 10.5. The first-order valence-electron chi connectivity index (χ1n) is 5.90. The second kappa shape index (κ2) is 4.93. The Labute approximate surface area is 117 Å². The summed E-state index contributed by atoms with van der Waals surface area (Å²) >= 11 is 0. The van der Waals surface area contributed by atoms with Crippen molar-refractivity contribution in [3.05, 3.63) is 53.8 Å². The molecule has 0 bridgehead atoms. The lowest BCUT2D eigenvalue weighted by Gasteiger charge is -1.99. The molecule has 0 atom stereocenters. The predicted octanol–water partition coefficient (Wildman–Crippen LogP) is 3.40. The summed E-state index contributed by atoms with van der Waals surface area (Å²) in [7, 11) is 0. The molecule has 0 fully saturated rings. The smallest absolute Gasteiger partial charge is 0.260 e. The standard InChI is InChI=1S/C14H8F3N3O/c15-9-5-7(6-10(16)12(9)17)13-19-14(21-20-13)8-3-1-2-4-11(8)18/h1-6H,18H2. The van der Waals surface area contributed by atoms with E-state index in [9.17, 15) is 13.2 Å². The van der Waals surface area contributed by atoms with E-state index in [1.54, 1.807) is 24.3 Å². The summed E-state index contributed by atoms with van der Waals surface area (Å²) in [6, 6.07) is 8.37. The van der Waals surface area contributed by atoms with Gasteiger partial charge in [-0.25, -0.2) is 13.2 Å². The number of nitrogens with zero attached hydrogens (tertiary/aromatic N) is 2. The van der Waals surface area contributed by atoms with Crippen LogP contribution < -0.4 is 5.73 Å². The molecule has 0 spiro atoms. The lowest BCUT2D eigenvalue weighted by molar-refractivity contribution is 0.431. The fourth-order valence-electron chi connectivity index (χ4n) is 1.83. The van der Waals surface area contributed by atoms with Crippen LogP contribution in [-0.4, -0.2) is 10.1 Å². The molecule has 7 heteroatoms. The number of para-hydroxylation sites is 1. The van der Waals surface area contributed by atoms with Crippen LogP contribution in [-0.2, 0) is 0 Å². The first-order chi connectivity index (χ1) is 10.1. The number of rotatable bonds is 2. The average Bonchev–Trinajstić information content (AvgIpc) is 2.94. The molecule has 3 rings (SSSR count). The molecule has 1 heterocycles. The largest absolute Gasteiger partial charge is 0.398 e. The van der Waals surface area contributed by atoms with Crippen LogP contribution in [0.15, 0.2) is 40.9 Å². The van der Waals surface area contributed by atoms with Crippen molar-refractivity contribution in [3.8, 4) is 22.8 Å². The molecule has 2 aromatic carbocycles. The van der Waals surface area contributed by atoms with Crippen molar-refractivity contribution < 1.29 is 17.7 Å². The molecule has 0 aliphatic carbocycles. The van der Waals surface area contributed by atoms with Crippen molar-refractivity contribution in [2.45, 2.75) is 0 Å². The second-order valence-electron chi connectivity index (χ2n) is 4.26. The van der Waals surface area contributed by atoms with Crippen LogP contribution in [0.2, 0.25) is 0 Å². The van der Waals surface area contributed by atoms with Gasteiger partial charge in [0.15, 0.2) is 17.5 Å². The van der Waals surface area contributed by atoms with Gasteiger partial charge in [-0.2, -0.15) is 4.98 Å². The summed E-state index contributed by atoms with van der Waals surface area (Å²) in [5, 5.41) is 3.62. The Kier molecular flexibility index (Phi) is 3.09. The SMILES string of the molecule is Nc1ccccc1-c1nc(-c2cc(F)c(F)c(F)c2)no1. The Morgan fingerprint density at radius 2 is 1.67 bits per heavy atom. The van der Waals surface area contributed by atoms with Crippen molar-refractivity contribution in [1.82, 2.24) is 10.1 Å². The number of aromatic nitrogens is 2. The molecule has 4 nitrogen and oxygen atoms in total. The minimum Gasteiger partial charge on any atom is -0.398 e. The summed E-state index contributed by atoms with van der Waals surface area (Å²) in [6.45, 7) is 0. The summed E-state index contributed by atoms with van der Waals surface area (Å²) in [5.41, 5.74) is 6.66. The van der Waals surface area contributed by atoms with Crippen molar-refractivity contribution in [2.75, 3.05) is 5.73 Å². The lowest BCUT2D eigenvalue weighted by atomic mass is 10.1. The van der Waals surface area contributed by atoms with Crippen LogP contribution in [0, 0.1) is 17.5 Å². The van der Waals surface area contributed by atoms with Gasteiger partial charge in [0.2, 0.25) is 5.82 Å². The summed E-state index contributed by atoms with van der Waals surface area (Å²) in [5.74, 6) is -4.15. The predicted molar refractivity (Wildman–Crippen MR) is 69.5 cm³/mol. The molecule has 0 aliphatic rings. The van der Waals surface area contributed by atoms with Gasteiger partial charge in [-0.3, -0.25) is 0 Å². The Hall–Kier alpha value is -2.83. The van der Waals surface area contributed by atoms with E-state index in [0.717, 1.165) is 12.1 Å². The Balaban J connectivity index is 2.05. The second-order valence-corrected chi connectivity index (χ2v) is 4.26. The van der Waals surface area contributed by atoms with Crippen LogP contribution in [0.1, 0.15) is 0 Å². The maximum atomic E-state index is 13.2. The van der Waals surface area contributed by atoms with E-state index in [1.165, 1.54) is 0 Å². The van der Waals surface area contributed by atoms with Crippen LogP contribution in [0.25, 0.3) is 22.8 Å². The molecule has 0 radical (unpaired) electrons. The van der Waals surface area contributed by atoms with Gasteiger partial charge in [-0.05, 0) is 24.3 Å². The van der Waals surface area contributed by atoms with E-state index in [4.69, 9.17) is 10.3 Å². The number of anilines is 1. The van der Waals surface area contributed by atoms with Gasteiger partial charge >= 0.3 is 0 Å². The molecule has 0 saturated carbocycles. The number of halogens is 3. The summed E-state index contributed by atoms with van der Waals surface area (Å²) in [6.07, 6.45) is 0. The molecule has 2 N–H and O–H groups in total. The van der Waals surface area contributed by atoms with Gasteiger partial charge in [-0.1, -0.05) is 17.3 Å². The van der Waals surface area contributed by atoms with Crippen LogP contribution in [0.5, 0.6) is 0 Å². The zero-order chi connectivity index (χ0) is 15.0. The fourth-order valence-corrected chi connectivity index (χ4v) is 1.83. The summed E-state index contributed by atoms with van der Waals surface area (Å²) in [4.78, 5) is 4.01. The van der Waals surface area contributed by atoms with Gasteiger partial charge in [0.1, 0.15) is 0 Å². The number of benzene rings is 2. The van der Waals surface area contributed by atoms with Crippen LogP contribution in [0.4, 0.5) is 18.9 Å². The molecule has 0 unspecified atom stereocenters. The van der Waals surface area contributed by atoms with E-state index >= 15 is 0 Å². The highest BCUT2D eigenvalue weighted by Crippen LogP contribution is 2.27. The van der Waals surface area contributed by atoms with Crippen molar-refractivity contribution in [2.24, 2.45) is 0 Å². The molecule has 3 aromatic rings. The Morgan fingerprint density at radius 1 is 1.00 bits per heavy atom. The number of nitrogens with two attached hydrogens (primary N) is 1. The Bertz CT molecular complexity index is 794. The Morgan fingerprint density at radius 3 is 2.33 bits per heavy atom. The molecule has 106 valence electrons. The normalized spacial score (nSPS) is 10.8. The average molecular weight is 291 g/mol. The number of hydrogen-bond acceptors (Lipinski definition) is 4. The molecular formula is C14H8F3N3O. The molecule has 21 heavy (non-hydrogen) atoms. The van der Waals surface area contributed by atoms with Gasteiger partial charge in [-0.15, -0.1) is 0 Å². The quantitative estimate of drug-likeness (QED) is 0.580. The van der Waals surface area contributed by atoms with Crippen molar-refractivity contribution >= 4 is 5.69 Å². The van der Waals surface area contributed by atoms with Crippen molar-refractivity contribution in [1.29, 1.82) is 0 Å². The minimum atomic E-state index is -1.55. The highest BCUT2D eigenvalue weighted by molar-refractivity contribution is 5.71. The number of hydrogen-bond donors (Lipinski definition) is 1.